The van der Waals surface area contributed by atoms with Crippen LogP contribution in [0.25, 0.3) is 11.3 Å². The summed E-state index contributed by atoms with van der Waals surface area (Å²) in [6.45, 7) is 0. The smallest absolute Gasteiger partial charge is 0.261 e. The Bertz CT molecular complexity index is 1470. The van der Waals surface area contributed by atoms with Crippen molar-refractivity contribution >= 4 is 38.1 Å². The lowest BCUT2D eigenvalue weighted by Crippen LogP contribution is -2.14. The second kappa shape index (κ2) is 10.7. The van der Waals surface area contributed by atoms with Crippen molar-refractivity contribution in [1.29, 1.82) is 0 Å². The molecule has 186 valence electrons. The van der Waals surface area contributed by atoms with Crippen LogP contribution < -0.4 is 24.2 Å². The Morgan fingerprint density at radius 3 is 2.19 bits per heavy atom. The molecule has 0 spiro atoms. The van der Waals surface area contributed by atoms with Gasteiger partial charge in [-0.1, -0.05) is 0 Å². The molecule has 36 heavy (non-hydrogen) atoms. The largest absolute Gasteiger partial charge is 0.497 e. The van der Waals surface area contributed by atoms with Gasteiger partial charge in [-0.2, -0.15) is 0 Å². The van der Waals surface area contributed by atoms with E-state index in [2.05, 4.69) is 15.0 Å². The number of anilines is 2. The van der Waals surface area contributed by atoms with Crippen molar-refractivity contribution < 1.29 is 27.4 Å². The highest BCUT2D eigenvalue weighted by molar-refractivity contribution is 7.92. The van der Waals surface area contributed by atoms with Crippen molar-refractivity contribution in [3.8, 4) is 28.5 Å². The third-order valence-corrected chi connectivity index (χ3v) is 7.33. The Labute approximate surface area is 212 Å². The highest BCUT2D eigenvalue weighted by atomic mass is 32.2. The van der Waals surface area contributed by atoms with E-state index in [1.54, 1.807) is 32.4 Å². The van der Waals surface area contributed by atoms with E-state index < -0.39 is 10.0 Å². The Balaban J connectivity index is 1.42. The standard InChI is InChI=1S/C25H23N3O6S2/c1-32-19-9-11-20(12-10-19)36(30,31)28-18-7-4-16(5-8-18)24(29)27-25-26-21(15-35-25)17-6-13-22(33-2)23(14-17)34-3/h4-15,28H,1-3H3,(H,26,27,29). The molecule has 9 nitrogen and oxygen atoms in total. The monoisotopic (exact) mass is 525 g/mol. The molecule has 1 heterocycles. The predicted molar refractivity (Wildman–Crippen MR) is 139 cm³/mol. The lowest BCUT2D eigenvalue weighted by Gasteiger charge is -2.09. The van der Waals surface area contributed by atoms with E-state index in [1.165, 1.54) is 54.8 Å². The van der Waals surface area contributed by atoms with Crippen LogP contribution in [0.4, 0.5) is 10.8 Å². The van der Waals surface area contributed by atoms with Gasteiger partial charge in [-0.3, -0.25) is 14.8 Å². The minimum Gasteiger partial charge on any atom is -0.497 e. The number of aromatic nitrogens is 1. The summed E-state index contributed by atoms with van der Waals surface area (Å²) in [4.78, 5) is 17.3. The number of carbonyl (C=O) groups excluding carboxylic acids is 1. The maximum absolute atomic E-state index is 12.7. The number of thiazole rings is 1. The Morgan fingerprint density at radius 1 is 0.861 bits per heavy atom. The number of sulfonamides is 1. The molecule has 4 rings (SSSR count). The van der Waals surface area contributed by atoms with Crippen molar-refractivity contribution in [1.82, 2.24) is 4.98 Å². The maximum Gasteiger partial charge on any atom is 0.261 e. The van der Waals surface area contributed by atoms with E-state index in [9.17, 15) is 13.2 Å². The minimum absolute atomic E-state index is 0.0965. The first kappa shape index (κ1) is 25.0. The summed E-state index contributed by atoms with van der Waals surface area (Å²) in [5.74, 6) is 1.38. The Hall–Kier alpha value is -4.09. The molecule has 1 amide bonds. The molecular weight excluding hydrogens is 502 g/mol. The van der Waals surface area contributed by atoms with Crippen LogP contribution in [0.2, 0.25) is 0 Å². The maximum atomic E-state index is 12.7. The summed E-state index contributed by atoms with van der Waals surface area (Å²) in [5, 5.41) is 5.02. The van der Waals surface area contributed by atoms with Crippen LogP contribution in [0.15, 0.2) is 77.0 Å². The zero-order chi connectivity index (χ0) is 25.7. The Morgan fingerprint density at radius 2 is 1.56 bits per heavy atom. The van der Waals surface area contributed by atoms with Crippen molar-refractivity contribution in [2.45, 2.75) is 4.90 Å². The van der Waals surface area contributed by atoms with Crippen LogP contribution in [0.3, 0.4) is 0 Å². The number of ether oxygens (including phenoxy) is 3. The first-order valence-corrected chi connectivity index (χ1v) is 13.0. The van der Waals surface area contributed by atoms with Crippen molar-refractivity contribution in [3.05, 3.63) is 77.7 Å². The van der Waals surface area contributed by atoms with Gasteiger partial charge < -0.3 is 14.2 Å². The fourth-order valence-electron chi connectivity index (χ4n) is 3.29. The molecule has 0 atom stereocenters. The lowest BCUT2D eigenvalue weighted by atomic mass is 10.1. The third-order valence-electron chi connectivity index (χ3n) is 5.17. The minimum atomic E-state index is -3.78. The second-order valence-corrected chi connectivity index (χ2v) is 9.96. The molecule has 0 aliphatic rings. The van der Waals surface area contributed by atoms with E-state index in [1.807, 2.05) is 17.5 Å². The number of rotatable bonds is 9. The van der Waals surface area contributed by atoms with Gasteiger partial charge >= 0.3 is 0 Å². The molecule has 0 unspecified atom stereocenters. The first-order chi connectivity index (χ1) is 17.3. The quantitative estimate of drug-likeness (QED) is 0.320. The number of hydrogen-bond donors (Lipinski definition) is 2. The van der Waals surface area contributed by atoms with Crippen LogP contribution in [-0.4, -0.2) is 40.6 Å². The fraction of sp³-hybridized carbons (Fsp3) is 0.120. The van der Waals surface area contributed by atoms with E-state index in [-0.39, 0.29) is 10.8 Å². The predicted octanol–water partition coefficient (Wildman–Crippen LogP) is 4.89. The summed E-state index contributed by atoms with van der Waals surface area (Å²) in [6.07, 6.45) is 0. The third kappa shape index (κ3) is 5.58. The molecule has 0 bridgehead atoms. The van der Waals surface area contributed by atoms with Gasteiger partial charge in [0.2, 0.25) is 0 Å². The average Bonchev–Trinajstić information content (AvgIpc) is 3.36. The van der Waals surface area contributed by atoms with Gasteiger partial charge in [-0.15, -0.1) is 11.3 Å². The van der Waals surface area contributed by atoms with Gasteiger partial charge in [-0.05, 0) is 66.7 Å². The summed E-state index contributed by atoms with van der Waals surface area (Å²) in [7, 11) is 0.846. The zero-order valence-electron chi connectivity index (χ0n) is 19.6. The van der Waals surface area contributed by atoms with Gasteiger partial charge in [0, 0.05) is 22.2 Å². The SMILES string of the molecule is COc1ccc(S(=O)(=O)Nc2ccc(C(=O)Nc3nc(-c4ccc(OC)c(OC)c4)cs3)cc2)cc1. The van der Waals surface area contributed by atoms with Gasteiger partial charge in [0.1, 0.15) is 5.75 Å². The molecule has 0 radical (unpaired) electrons. The second-order valence-electron chi connectivity index (χ2n) is 7.42. The van der Waals surface area contributed by atoms with Crippen molar-refractivity contribution in [3.63, 3.8) is 0 Å². The van der Waals surface area contributed by atoms with Crippen molar-refractivity contribution in [2.75, 3.05) is 31.4 Å². The normalized spacial score (nSPS) is 11.0. The van der Waals surface area contributed by atoms with Gasteiger partial charge in [0.05, 0.1) is 31.9 Å². The molecule has 0 aliphatic heterocycles. The summed E-state index contributed by atoms with van der Waals surface area (Å²) in [5.41, 5.74) is 2.18. The van der Waals surface area contributed by atoms with Crippen LogP contribution in [0, 0.1) is 0 Å². The van der Waals surface area contributed by atoms with E-state index in [0.717, 1.165) is 5.56 Å². The summed E-state index contributed by atoms with van der Waals surface area (Å²) < 4.78 is 43.4. The highest BCUT2D eigenvalue weighted by Crippen LogP contribution is 2.33. The molecule has 0 aliphatic carbocycles. The van der Waals surface area contributed by atoms with Gasteiger partial charge in [0.25, 0.3) is 15.9 Å². The number of hydrogen-bond acceptors (Lipinski definition) is 8. The average molecular weight is 526 g/mol. The molecule has 0 saturated carbocycles. The summed E-state index contributed by atoms with van der Waals surface area (Å²) in [6, 6.07) is 17.6. The zero-order valence-corrected chi connectivity index (χ0v) is 21.3. The number of amides is 1. The lowest BCUT2D eigenvalue weighted by molar-refractivity contribution is 0.102. The molecule has 11 heteroatoms. The number of carbonyl (C=O) groups is 1. The number of nitrogens with zero attached hydrogens (tertiary/aromatic N) is 1. The number of nitrogens with one attached hydrogen (secondary N) is 2. The van der Waals surface area contributed by atoms with Gasteiger partial charge in [-0.25, -0.2) is 13.4 Å². The first-order valence-electron chi connectivity index (χ1n) is 10.6. The number of benzene rings is 3. The molecule has 0 fully saturated rings. The summed E-state index contributed by atoms with van der Waals surface area (Å²) >= 11 is 1.29. The van der Waals surface area contributed by atoms with Crippen LogP contribution in [-0.2, 0) is 10.0 Å². The molecule has 1 aromatic heterocycles. The highest BCUT2D eigenvalue weighted by Gasteiger charge is 2.16. The van der Waals surface area contributed by atoms with Crippen molar-refractivity contribution in [2.24, 2.45) is 0 Å². The van der Waals surface area contributed by atoms with Crippen LogP contribution in [0.5, 0.6) is 17.2 Å². The van der Waals surface area contributed by atoms with E-state index >= 15 is 0 Å². The van der Waals surface area contributed by atoms with Gasteiger partial charge in [0.15, 0.2) is 16.6 Å². The van der Waals surface area contributed by atoms with Crippen LogP contribution >= 0.6 is 11.3 Å². The topological polar surface area (TPSA) is 116 Å². The van der Waals surface area contributed by atoms with E-state index in [0.29, 0.717) is 39.3 Å². The Kier molecular flexibility index (Phi) is 7.41. The fourth-order valence-corrected chi connectivity index (χ4v) is 5.06. The molecule has 2 N–H and O–H groups in total. The van der Waals surface area contributed by atoms with Crippen LogP contribution in [0.1, 0.15) is 10.4 Å². The van der Waals surface area contributed by atoms with E-state index in [4.69, 9.17) is 14.2 Å². The molecule has 4 aromatic rings. The molecular formula is C25H23N3O6S2. The molecule has 3 aromatic carbocycles. The molecule has 0 saturated heterocycles. The number of methoxy groups -OCH3 is 3.